The van der Waals surface area contributed by atoms with Crippen LogP contribution in [-0.4, -0.2) is 36.5 Å². The fourth-order valence-electron chi connectivity index (χ4n) is 3.36. The van der Waals surface area contributed by atoms with Crippen LogP contribution in [0, 0.1) is 0 Å². The maximum absolute atomic E-state index is 12.9. The van der Waals surface area contributed by atoms with Gasteiger partial charge in [0.15, 0.2) is 5.82 Å². The Balaban J connectivity index is 1.39. The van der Waals surface area contributed by atoms with Crippen LogP contribution in [0.3, 0.4) is 0 Å². The molecule has 0 spiro atoms. The van der Waals surface area contributed by atoms with E-state index in [-0.39, 0.29) is 11.9 Å². The monoisotopic (exact) mass is 373 g/mol. The van der Waals surface area contributed by atoms with Crippen molar-refractivity contribution < 1.29 is 9.32 Å². The van der Waals surface area contributed by atoms with E-state index in [9.17, 15) is 4.79 Å². The first-order valence-corrected chi connectivity index (χ1v) is 9.29. The first-order chi connectivity index (χ1) is 13.7. The van der Waals surface area contributed by atoms with E-state index < -0.39 is 0 Å². The number of aryl methyl sites for hydroxylation is 1. The zero-order valence-electron chi connectivity index (χ0n) is 15.4. The van der Waals surface area contributed by atoms with Gasteiger partial charge < -0.3 is 14.0 Å². The van der Waals surface area contributed by atoms with E-state index in [2.05, 4.69) is 15.1 Å². The molecule has 2 aromatic carbocycles. The lowest BCUT2D eigenvalue weighted by molar-refractivity contribution is 0.0724. The second-order valence-corrected chi connectivity index (χ2v) is 7.10. The molecular formula is C21H19N5O2. The van der Waals surface area contributed by atoms with Crippen LogP contribution < -0.4 is 0 Å². The van der Waals surface area contributed by atoms with Crippen LogP contribution in [0.2, 0.25) is 0 Å². The number of carbonyl (C=O) groups excluding carboxylic acids is 1. The SMILES string of the molecule is Cn1cnc2cc(-c3nc(CN(C(=O)c4ccccc4)C4CC4)no3)ccc21. The third-order valence-corrected chi connectivity index (χ3v) is 5.02. The Hall–Kier alpha value is -3.48. The average molecular weight is 373 g/mol. The van der Waals surface area contributed by atoms with Crippen molar-refractivity contribution in [2.75, 3.05) is 0 Å². The second kappa shape index (κ2) is 6.60. The highest BCUT2D eigenvalue weighted by Crippen LogP contribution is 2.30. The number of carbonyl (C=O) groups is 1. The molecule has 0 saturated heterocycles. The molecule has 5 rings (SSSR count). The molecule has 0 radical (unpaired) electrons. The normalized spacial score (nSPS) is 13.8. The van der Waals surface area contributed by atoms with Gasteiger partial charge >= 0.3 is 0 Å². The fourth-order valence-corrected chi connectivity index (χ4v) is 3.36. The molecule has 1 saturated carbocycles. The van der Waals surface area contributed by atoms with E-state index in [0.29, 0.717) is 23.8 Å². The molecule has 0 unspecified atom stereocenters. The van der Waals surface area contributed by atoms with Gasteiger partial charge in [-0.1, -0.05) is 23.4 Å². The van der Waals surface area contributed by atoms with Crippen molar-refractivity contribution in [1.29, 1.82) is 0 Å². The summed E-state index contributed by atoms with van der Waals surface area (Å²) in [5, 5.41) is 4.10. The molecule has 1 amide bonds. The molecule has 7 nitrogen and oxygen atoms in total. The Morgan fingerprint density at radius 1 is 1.21 bits per heavy atom. The molecule has 4 aromatic rings. The minimum absolute atomic E-state index is 0.00403. The van der Waals surface area contributed by atoms with Crippen molar-refractivity contribution in [3.05, 3.63) is 66.2 Å². The van der Waals surface area contributed by atoms with E-state index in [4.69, 9.17) is 4.52 Å². The summed E-state index contributed by atoms with van der Waals surface area (Å²) in [4.78, 5) is 23.6. The molecule has 2 heterocycles. The van der Waals surface area contributed by atoms with Crippen molar-refractivity contribution in [3.63, 3.8) is 0 Å². The lowest BCUT2D eigenvalue weighted by Crippen LogP contribution is -2.33. The molecule has 7 heteroatoms. The van der Waals surface area contributed by atoms with Crippen LogP contribution in [0.25, 0.3) is 22.5 Å². The lowest BCUT2D eigenvalue weighted by atomic mass is 10.2. The summed E-state index contributed by atoms with van der Waals surface area (Å²) in [5.41, 5.74) is 3.41. The molecule has 140 valence electrons. The van der Waals surface area contributed by atoms with E-state index in [1.165, 1.54) is 0 Å². The Bertz CT molecular complexity index is 1140. The Morgan fingerprint density at radius 3 is 2.82 bits per heavy atom. The van der Waals surface area contributed by atoms with Gasteiger partial charge in [0, 0.05) is 24.2 Å². The fraction of sp³-hybridized carbons (Fsp3) is 0.238. The van der Waals surface area contributed by atoms with Gasteiger partial charge in [-0.3, -0.25) is 4.79 Å². The van der Waals surface area contributed by atoms with E-state index >= 15 is 0 Å². The Kier molecular flexibility index (Phi) is 3.93. The molecule has 2 aromatic heterocycles. The highest BCUT2D eigenvalue weighted by Gasteiger charge is 2.34. The second-order valence-electron chi connectivity index (χ2n) is 7.10. The van der Waals surface area contributed by atoms with Crippen molar-refractivity contribution >= 4 is 16.9 Å². The van der Waals surface area contributed by atoms with Gasteiger partial charge in [-0.05, 0) is 43.2 Å². The van der Waals surface area contributed by atoms with Crippen LogP contribution in [-0.2, 0) is 13.6 Å². The number of aromatic nitrogens is 4. The first kappa shape index (κ1) is 16.7. The number of fused-ring (bicyclic) bond motifs is 1. The third kappa shape index (κ3) is 3.05. The summed E-state index contributed by atoms with van der Waals surface area (Å²) in [6, 6.07) is 15.4. The van der Waals surface area contributed by atoms with Crippen molar-refractivity contribution in [3.8, 4) is 11.5 Å². The quantitative estimate of drug-likeness (QED) is 0.536. The largest absolute Gasteiger partial charge is 0.334 e. The maximum atomic E-state index is 12.9. The number of nitrogens with zero attached hydrogens (tertiary/aromatic N) is 5. The maximum Gasteiger partial charge on any atom is 0.258 e. The molecule has 1 aliphatic rings. The molecule has 0 atom stereocenters. The van der Waals surface area contributed by atoms with Crippen molar-refractivity contribution in [2.24, 2.45) is 7.05 Å². The number of benzene rings is 2. The van der Waals surface area contributed by atoms with Gasteiger partial charge in [-0.2, -0.15) is 4.98 Å². The minimum Gasteiger partial charge on any atom is -0.334 e. The highest BCUT2D eigenvalue weighted by atomic mass is 16.5. The molecular weight excluding hydrogens is 354 g/mol. The summed E-state index contributed by atoms with van der Waals surface area (Å²) < 4.78 is 7.42. The predicted molar refractivity (Wildman–Crippen MR) is 103 cm³/mol. The topological polar surface area (TPSA) is 77.1 Å². The summed E-state index contributed by atoms with van der Waals surface area (Å²) >= 11 is 0. The van der Waals surface area contributed by atoms with Gasteiger partial charge in [0.1, 0.15) is 0 Å². The van der Waals surface area contributed by atoms with Crippen LogP contribution in [0.5, 0.6) is 0 Å². The van der Waals surface area contributed by atoms with E-state index in [1.807, 2.05) is 65.0 Å². The van der Waals surface area contributed by atoms with Gasteiger partial charge in [-0.15, -0.1) is 0 Å². The number of amides is 1. The zero-order chi connectivity index (χ0) is 19.1. The summed E-state index contributed by atoms with van der Waals surface area (Å²) in [6.07, 6.45) is 3.80. The average Bonchev–Trinajstić information content (AvgIpc) is 3.36. The zero-order valence-corrected chi connectivity index (χ0v) is 15.4. The molecule has 0 aliphatic heterocycles. The smallest absolute Gasteiger partial charge is 0.258 e. The van der Waals surface area contributed by atoms with Gasteiger partial charge in [0.25, 0.3) is 11.8 Å². The van der Waals surface area contributed by atoms with Crippen molar-refractivity contribution in [2.45, 2.75) is 25.4 Å². The van der Waals surface area contributed by atoms with Gasteiger partial charge in [0.05, 0.1) is 23.9 Å². The Morgan fingerprint density at radius 2 is 2.04 bits per heavy atom. The molecule has 0 N–H and O–H groups in total. The van der Waals surface area contributed by atoms with Gasteiger partial charge in [0.2, 0.25) is 0 Å². The van der Waals surface area contributed by atoms with Crippen LogP contribution >= 0.6 is 0 Å². The molecule has 1 fully saturated rings. The summed E-state index contributed by atoms with van der Waals surface area (Å²) in [7, 11) is 1.95. The summed E-state index contributed by atoms with van der Waals surface area (Å²) in [6.45, 7) is 0.341. The predicted octanol–water partition coefficient (Wildman–Crippen LogP) is 3.43. The first-order valence-electron chi connectivity index (χ1n) is 9.29. The lowest BCUT2D eigenvalue weighted by Gasteiger charge is -2.20. The van der Waals surface area contributed by atoms with Crippen LogP contribution in [0.15, 0.2) is 59.4 Å². The highest BCUT2D eigenvalue weighted by molar-refractivity contribution is 5.94. The number of hydrogen-bond acceptors (Lipinski definition) is 5. The third-order valence-electron chi connectivity index (χ3n) is 5.02. The molecule has 1 aliphatic carbocycles. The standard InChI is InChI=1S/C21H19N5O2/c1-25-13-22-17-11-15(7-10-18(17)25)20-23-19(24-28-20)12-26(16-8-9-16)21(27)14-5-3-2-4-6-14/h2-7,10-11,13,16H,8-9,12H2,1H3. The molecule has 28 heavy (non-hydrogen) atoms. The van der Waals surface area contributed by atoms with Crippen LogP contribution in [0.1, 0.15) is 29.0 Å². The van der Waals surface area contributed by atoms with E-state index in [1.54, 1.807) is 6.33 Å². The van der Waals surface area contributed by atoms with Crippen LogP contribution in [0.4, 0.5) is 0 Å². The molecule has 0 bridgehead atoms. The summed E-state index contributed by atoms with van der Waals surface area (Å²) in [5.74, 6) is 0.946. The Labute approximate surface area is 161 Å². The number of hydrogen-bond donors (Lipinski definition) is 0. The van der Waals surface area contributed by atoms with Gasteiger partial charge in [-0.25, -0.2) is 4.98 Å². The number of imidazole rings is 1. The van der Waals surface area contributed by atoms with Crippen molar-refractivity contribution in [1.82, 2.24) is 24.6 Å². The van der Waals surface area contributed by atoms with E-state index in [0.717, 1.165) is 29.4 Å². The number of rotatable bonds is 5. The minimum atomic E-state index is 0.00403.